The summed E-state index contributed by atoms with van der Waals surface area (Å²) < 4.78 is 1.06. The topological polar surface area (TPSA) is 38.0 Å². The maximum absolute atomic E-state index is 5.90. The molecule has 0 fully saturated rings. The van der Waals surface area contributed by atoms with Crippen LogP contribution in [0.25, 0.3) is 0 Å². The van der Waals surface area contributed by atoms with Crippen LogP contribution in [0.2, 0.25) is 0 Å². The number of nitrogens with two attached hydrogens (primary N) is 1. The standard InChI is InChI=1S/C16H19BrN2/c1-11-3-6-13(7-4-11)16(10-18)19-15-9-12(2)5-8-14(15)17/h3-9,16,19H,10,18H2,1-2H3. The van der Waals surface area contributed by atoms with Crippen molar-refractivity contribution >= 4 is 21.6 Å². The first kappa shape index (κ1) is 14.1. The Bertz CT molecular complexity index is 549. The van der Waals surface area contributed by atoms with E-state index in [-0.39, 0.29) is 6.04 Å². The molecule has 0 saturated heterocycles. The lowest BCUT2D eigenvalue weighted by Gasteiger charge is -2.20. The number of benzene rings is 2. The molecule has 19 heavy (non-hydrogen) atoms. The van der Waals surface area contributed by atoms with Crippen LogP contribution in [0.4, 0.5) is 5.69 Å². The summed E-state index contributed by atoms with van der Waals surface area (Å²) in [7, 11) is 0. The van der Waals surface area contributed by atoms with Gasteiger partial charge in [0.1, 0.15) is 0 Å². The molecule has 0 aliphatic rings. The Kier molecular flexibility index (Phi) is 4.61. The van der Waals surface area contributed by atoms with E-state index in [0.29, 0.717) is 6.54 Å². The third-order valence-corrected chi connectivity index (χ3v) is 3.86. The van der Waals surface area contributed by atoms with Gasteiger partial charge in [0, 0.05) is 16.7 Å². The van der Waals surface area contributed by atoms with E-state index in [1.165, 1.54) is 16.7 Å². The van der Waals surface area contributed by atoms with Crippen molar-refractivity contribution in [2.45, 2.75) is 19.9 Å². The molecule has 2 aromatic carbocycles. The molecule has 3 N–H and O–H groups in total. The Morgan fingerprint density at radius 1 is 1.05 bits per heavy atom. The van der Waals surface area contributed by atoms with Gasteiger partial charge in [-0.3, -0.25) is 0 Å². The molecule has 0 aliphatic carbocycles. The van der Waals surface area contributed by atoms with Crippen molar-refractivity contribution in [3.63, 3.8) is 0 Å². The molecule has 1 unspecified atom stereocenters. The molecule has 100 valence electrons. The van der Waals surface area contributed by atoms with Gasteiger partial charge in [-0.1, -0.05) is 35.9 Å². The van der Waals surface area contributed by atoms with Crippen molar-refractivity contribution in [3.8, 4) is 0 Å². The maximum Gasteiger partial charge on any atom is 0.0636 e. The van der Waals surface area contributed by atoms with E-state index in [2.05, 4.69) is 77.6 Å². The van der Waals surface area contributed by atoms with Crippen molar-refractivity contribution in [2.24, 2.45) is 5.73 Å². The van der Waals surface area contributed by atoms with E-state index < -0.39 is 0 Å². The van der Waals surface area contributed by atoms with Crippen LogP contribution in [0.15, 0.2) is 46.9 Å². The summed E-state index contributed by atoms with van der Waals surface area (Å²) >= 11 is 3.57. The van der Waals surface area contributed by atoms with Crippen LogP contribution in [0.5, 0.6) is 0 Å². The quantitative estimate of drug-likeness (QED) is 0.887. The molecule has 0 radical (unpaired) electrons. The summed E-state index contributed by atoms with van der Waals surface area (Å²) in [5.41, 5.74) is 10.7. The summed E-state index contributed by atoms with van der Waals surface area (Å²) in [5.74, 6) is 0. The van der Waals surface area contributed by atoms with Gasteiger partial charge in [-0.05, 0) is 53.0 Å². The second kappa shape index (κ2) is 6.22. The fourth-order valence-electron chi connectivity index (χ4n) is 2.01. The van der Waals surface area contributed by atoms with E-state index in [9.17, 15) is 0 Å². The highest BCUT2D eigenvalue weighted by atomic mass is 79.9. The Morgan fingerprint density at radius 2 is 1.68 bits per heavy atom. The van der Waals surface area contributed by atoms with E-state index in [4.69, 9.17) is 5.73 Å². The normalized spacial score (nSPS) is 12.2. The number of halogens is 1. The van der Waals surface area contributed by atoms with Crippen LogP contribution < -0.4 is 11.1 Å². The molecule has 2 aromatic rings. The average molecular weight is 319 g/mol. The zero-order valence-corrected chi connectivity index (χ0v) is 12.9. The highest BCUT2D eigenvalue weighted by molar-refractivity contribution is 9.10. The SMILES string of the molecule is Cc1ccc(C(CN)Nc2cc(C)ccc2Br)cc1. The maximum atomic E-state index is 5.90. The molecule has 0 amide bonds. The van der Waals surface area contributed by atoms with E-state index in [1.807, 2.05) is 0 Å². The molecule has 3 heteroatoms. The molecule has 2 nitrogen and oxygen atoms in total. The zero-order valence-electron chi connectivity index (χ0n) is 11.3. The lowest BCUT2D eigenvalue weighted by atomic mass is 10.0. The van der Waals surface area contributed by atoms with Crippen LogP contribution in [0, 0.1) is 13.8 Å². The molecule has 1 atom stereocenters. The number of anilines is 1. The molecule has 0 heterocycles. The summed E-state index contributed by atoms with van der Waals surface area (Å²) in [4.78, 5) is 0. The molecule has 0 bridgehead atoms. The molecule has 0 spiro atoms. The Hall–Kier alpha value is -1.32. The highest BCUT2D eigenvalue weighted by Gasteiger charge is 2.11. The molecule has 0 aromatic heterocycles. The predicted molar refractivity (Wildman–Crippen MR) is 85.5 cm³/mol. The van der Waals surface area contributed by atoms with Crippen molar-refractivity contribution in [1.29, 1.82) is 0 Å². The molecular weight excluding hydrogens is 300 g/mol. The van der Waals surface area contributed by atoms with E-state index >= 15 is 0 Å². The lowest BCUT2D eigenvalue weighted by Crippen LogP contribution is -2.20. The second-order valence-electron chi connectivity index (χ2n) is 4.83. The van der Waals surface area contributed by atoms with Crippen LogP contribution in [0.3, 0.4) is 0 Å². The Labute approximate surface area is 123 Å². The van der Waals surface area contributed by atoms with Crippen molar-refractivity contribution in [1.82, 2.24) is 0 Å². The molecule has 0 aliphatic heterocycles. The third kappa shape index (κ3) is 3.58. The number of aryl methyl sites for hydroxylation is 2. The Morgan fingerprint density at radius 3 is 2.32 bits per heavy atom. The highest BCUT2D eigenvalue weighted by Crippen LogP contribution is 2.27. The van der Waals surface area contributed by atoms with Crippen LogP contribution in [0.1, 0.15) is 22.7 Å². The van der Waals surface area contributed by atoms with Gasteiger partial charge in [-0.2, -0.15) is 0 Å². The van der Waals surface area contributed by atoms with Crippen LogP contribution in [-0.4, -0.2) is 6.54 Å². The van der Waals surface area contributed by atoms with Crippen molar-refractivity contribution in [2.75, 3.05) is 11.9 Å². The number of hydrogen-bond acceptors (Lipinski definition) is 2. The van der Waals surface area contributed by atoms with Crippen LogP contribution >= 0.6 is 15.9 Å². The van der Waals surface area contributed by atoms with E-state index in [0.717, 1.165) is 10.2 Å². The first-order chi connectivity index (χ1) is 9.10. The lowest BCUT2D eigenvalue weighted by molar-refractivity contribution is 0.789. The minimum atomic E-state index is 0.124. The molecule has 2 rings (SSSR count). The summed E-state index contributed by atoms with van der Waals surface area (Å²) in [6, 6.07) is 14.9. The second-order valence-corrected chi connectivity index (χ2v) is 5.68. The Balaban J connectivity index is 2.23. The van der Waals surface area contributed by atoms with Gasteiger partial charge >= 0.3 is 0 Å². The van der Waals surface area contributed by atoms with Gasteiger partial charge < -0.3 is 11.1 Å². The molecule has 0 saturated carbocycles. The molecular formula is C16H19BrN2. The smallest absolute Gasteiger partial charge is 0.0636 e. The van der Waals surface area contributed by atoms with Crippen molar-refractivity contribution in [3.05, 3.63) is 63.6 Å². The van der Waals surface area contributed by atoms with Gasteiger partial charge in [-0.15, -0.1) is 0 Å². The summed E-state index contributed by atoms with van der Waals surface area (Å²) in [6.45, 7) is 4.73. The van der Waals surface area contributed by atoms with Gasteiger partial charge in [0.05, 0.1) is 6.04 Å². The summed E-state index contributed by atoms with van der Waals surface area (Å²) in [5, 5.41) is 3.50. The monoisotopic (exact) mass is 318 g/mol. The number of rotatable bonds is 4. The first-order valence-corrected chi connectivity index (χ1v) is 7.19. The summed E-state index contributed by atoms with van der Waals surface area (Å²) in [6.07, 6.45) is 0. The fourth-order valence-corrected chi connectivity index (χ4v) is 2.38. The van der Waals surface area contributed by atoms with Gasteiger partial charge in [0.25, 0.3) is 0 Å². The fraction of sp³-hybridized carbons (Fsp3) is 0.250. The van der Waals surface area contributed by atoms with E-state index in [1.54, 1.807) is 0 Å². The third-order valence-electron chi connectivity index (χ3n) is 3.17. The van der Waals surface area contributed by atoms with Gasteiger partial charge in [0.2, 0.25) is 0 Å². The predicted octanol–water partition coefficient (Wildman–Crippen LogP) is 4.18. The number of hydrogen-bond donors (Lipinski definition) is 2. The van der Waals surface area contributed by atoms with Crippen LogP contribution in [-0.2, 0) is 0 Å². The van der Waals surface area contributed by atoms with Crippen molar-refractivity contribution < 1.29 is 0 Å². The zero-order chi connectivity index (χ0) is 13.8. The van der Waals surface area contributed by atoms with Gasteiger partial charge in [0.15, 0.2) is 0 Å². The largest absolute Gasteiger partial charge is 0.376 e. The minimum absolute atomic E-state index is 0.124. The van der Waals surface area contributed by atoms with Gasteiger partial charge in [-0.25, -0.2) is 0 Å². The minimum Gasteiger partial charge on any atom is -0.376 e. The number of nitrogens with one attached hydrogen (secondary N) is 1. The first-order valence-electron chi connectivity index (χ1n) is 6.39. The average Bonchev–Trinajstić information content (AvgIpc) is 2.41.